The maximum absolute atomic E-state index is 12.4. The first-order valence-electron chi connectivity index (χ1n) is 8.39. The second kappa shape index (κ2) is 7.82. The molecule has 0 aromatic heterocycles. The second-order valence-corrected chi connectivity index (χ2v) is 6.09. The van der Waals surface area contributed by atoms with Gasteiger partial charge in [0.25, 0.3) is 0 Å². The van der Waals surface area contributed by atoms with E-state index < -0.39 is 0 Å². The van der Waals surface area contributed by atoms with Crippen LogP contribution in [0.4, 0.5) is 5.69 Å². The Bertz CT molecular complexity index is 633. The third-order valence-electron chi connectivity index (χ3n) is 4.36. The molecule has 3 heteroatoms. The maximum Gasteiger partial charge on any atom is 0.227 e. The zero-order valence-electron chi connectivity index (χ0n) is 13.3. The third-order valence-corrected chi connectivity index (χ3v) is 4.36. The lowest BCUT2D eigenvalue weighted by molar-refractivity contribution is -0.120. The van der Waals surface area contributed by atoms with E-state index >= 15 is 0 Å². The van der Waals surface area contributed by atoms with Gasteiger partial charge in [0.1, 0.15) is 12.4 Å². The van der Waals surface area contributed by atoms with E-state index in [4.69, 9.17) is 4.74 Å². The molecule has 3 rings (SSSR count). The first-order valence-corrected chi connectivity index (χ1v) is 8.39. The van der Waals surface area contributed by atoms with E-state index in [9.17, 15) is 4.79 Å². The van der Waals surface area contributed by atoms with E-state index in [-0.39, 0.29) is 11.8 Å². The SMILES string of the molecule is O=C(Nc1ccccc1OCc1ccccc1)C1CCCCC1. The predicted molar refractivity (Wildman–Crippen MR) is 92.4 cm³/mol. The van der Waals surface area contributed by atoms with Crippen LogP contribution in [0, 0.1) is 5.92 Å². The van der Waals surface area contributed by atoms with Crippen molar-refractivity contribution in [2.75, 3.05) is 5.32 Å². The molecule has 2 aromatic carbocycles. The number of benzene rings is 2. The van der Waals surface area contributed by atoms with E-state index in [0.717, 1.165) is 42.7 Å². The first-order chi connectivity index (χ1) is 11.3. The van der Waals surface area contributed by atoms with Gasteiger partial charge in [0.05, 0.1) is 5.69 Å². The molecule has 0 spiro atoms. The number of hydrogen-bond acceptors (Lipinski definition) is 2. The lowest BCUT2D eigenvalue weighted by Gasteiger charge is -2.21. The number of amides is 1. The van der Waals surface area contributed by atoms with Gasteiger partial charge in [0.15, 0.2) is 0 Å². The average Bonchev–Trinajstić information content (AvgIpc) is 2.62. The molecular weight excluding hydrogens is 286 g/mol. The highest BCUT2D eigenvalue weighted by Gasteiger charge is 2.21. The van der Waals surface area contributed by atoms with E-state index in [1.165, 1.54) is 6.42 Å². The van der Waals surface area contributed by atoms with Crippen molar-refractivity contribution >= 4 is 11.6 Å². The van der Waals surface area contributed by atoms with Gasteiger partial charge < -0.3 is 10.1 Å². The molecule has 1 aliphatic carbocycles. The molecule has 2 aromatic rings. The normalized spacial score (nSPS) is 15.1. The third kappa shape index (κ3) is 4.35. The second-order valence-electron chi connectivity index (χ2n) is 6.09. The molecule has 0 saturated heterocycles. The molecule has 1 saturated carbocycles. The highest BCUT2D eigenvalue weighted by Crippen LogP contribution is 2.28. The molecule has 0 radical (unpaired) electrons. The standard InChI is InChI=1S/C20H23NO2/c22-20(17-11-5-2-6-12-17)21-18-13-7-8-14-19(18)23-15-16-9-3-1-4-10-16/h1,3-4,7-10,13-14,17H,2,5-6,11-12,15H2,(H,21,22). The minimum absolute atomic E-state index is 0.125. The van der Waals surface area contributed by atoms with Crippen molar-refractivity contribution in [2.45, 2.75) is 38.7 Å². The van der Waals surface area contributed by atoms with Gasteiger partial charge in [-0.2, -0.15) is 0 Å². The summed E-state index contributed by atoms with van der Waals surface area (Å²) in [4.78, 5) is 12.4. The van der Waals surface area contributed by atoms with Crippen molar-refractivity contribution in [3.05, 3.63) is 60.2 Å². The quantitative estimate of drug-likeness (QED) is 0.863. The van der Waals surface area contributed by atoms with Crippen LogP contribution in [0.5, 0.6) is 5.75 Å². The zero-order valence-corrected chi connectivity index (χ0v) is 13.3. The molecule has 23 heavy (non-hydrogen) atoms. The molecule has 0 atom stereocenters. The highest BCUT2D eigenvalue weighted by molar-refractivity contribution is 5.93. The minimum Gasteiger partial charge on any atom is -0.487 e. The molecule has 1 N–H and O–H groups in total. The fourth-order valence-corrected chi connectivity index (χ4v) is 3.03. The monoisotopic (exact) mass is 309 g/mol. The van der Waals surface area contributed by atoms with Gasteiger partial charge in [-0.05, 0) is 30.5 Å². The lowest BCUT2D eigenvalue weighted by atomic mass is 9.88. The lowest BCUT2D eigenvalue weighted by Crippen LogP contribution is -2.24. The van der Waals surface area contributed by atoms with Crippen molar-refractivity contribution in [3.63, 3.8) is 0 Å². The fourth-order valence-electron chi connectivity index (χ4n) is 3.03. The largest absolute Gasteiger partial charge is 0.487 e. The number of carbonyl (C=O) groups excluding carboxylic acids is 1. The van der Waals surface area contributed by atoms with Crippen molar-refractivity contribution in [3.8, 4) is 5.75 Å². The van der Waals surface area contributed by atoms with Crippen LogP contribution in [-0.4, -0.2) is 5.91 Å². The van der Waals surface area contributed by atoms with Gasteiger partial charge in [-0.1, -0.05) is 61.7 Å². The molecule has 3 nitrogen and oxygen atoms in total. The summed E-state index contributed by atoms with van der Waals surface area (Å²) in [5.41, 5.74) is 1.87. The summed E-state index contributed by atoms with van der Waals surface area (Å²) in [5.74, 6) is 0.993. The van der Waals surface area contributed by atoms with Gasteiger partial charge in [0, 0.05) is 5.92 Å². The summed E-state index contributed by atoms with van der Waals surface area (Å²) >= 11 is 0. The molecule has 1 amide bonds. The van der Waals surface area contributed by atoms with Crippen LogP contribution in [0.1, 0.15) is 37.7 Å². The molecule has 0 heterocycles. The van der Waals surface area contributed by atoms with Gasteiger partial charge in [-0.15, -0.1) is 0 Å². The Hall–Kier alpha value is -2.29. The molecule has 120 valence electrons. The van der Waals surface area contributed by atoms with Crippen LogP contribution in [0.3, 0.4) is 0 Å². The van der Waals surface area contributed by atoms with Crippen LogP contribution in [0.15, 0.2) is 54.6 Å². The number of anilines is 1. The Labute approximate surface area is 137 Å². The van der Waals surface area contributed by atoms with E-state index in [2.05, 4.69) is 5.32 Å². The Morgan fingerprint density at radius 2 is 1.65 bits per heavy atom. The Morgan fingerprint density at radius 1 is 0.957 bits per heavy atom. The molecule has 0 unspecified atom stereocenters. The van der Waals surface area contributed by atoms with Gasteiger partial charge in [-0.3, -0.25) is 4.79 Å². The van der Waals surface area contributed by atoms with Crippen molar-refractivity contribution < 1.29 is 9.53 Å². The zero-order chi connectivity index (χ0) is 15.9. The highest BCUT2D eigenvalue weighted by atomic mass is 16.5. The Morgan fingerprint density at radius 3 is 2.43 bits per heavy atom. The number of carbonyl (C=O) groups is 1. The number of nitrogens with one attached hydrogen (secondary N) is 1. The van der Waals surface area contributed by atoms with Crippen LogP contribution in [0.2, 0.25) is 0 Å². The summed E-state index contributed by atoms with van der Waals surface area (Å²) < 4.78 is 5.90. The molecule has 0 bridgehead atoms. The predicted octanol–water partition coefficient (Wildman–Crippen LogP) is 4.78. The van der Waals surface area contributed by atoms with Gasteiger partial charge in [-0.25, -0.2) is 0 Å². The van der Waals surface area contributed by atoms with E-state index in [0.29, 0.717) is 6.61 Å². The number of rotatable bonds is 5. The van der Waals surface area contributed by atoms with Crippen LogP contribution in [0.25, 0.3) is 0 Å². The van der Waals surface area contributed by atoms with Crippen molar-refractivity contribution in [1.82, 2.24) is 0 Å². The van der Waals surface area contributed by atoms with Crippen molar-refractivity contribution in [1.29, 1.82) is 0 Å². The number of para-hydroxylation sites is 2. The molecular formula is C20H23NO2. The van der Waals surface area contributed by atoms with Gasteiger partial charge in [0.2, 0.25) is 5.91 Å². The minimum atomic E-state index is 0.125. The molecule has 1 aliphatic rings. The smallest absolute Gasteiger partial charge is 0.227 e. The summed E-state index contributed by atoms with van der Waals surface area (Å²) in [6.07, 6.45) is 5.56. The summed E-state index contributed by atoms with van der Waals surface area (Å²) in [6, 6.07) is 17.7. The summed E-state index contributed by atoms with van der Waals surface area (Å²) in [7, 11) is 0. The number of hydrogen-bond donors (Lipinski definition) is 1. The number of ether oxygens (including phenoxy) is 1. The van der Waals surface area contributed by atoms with E-state index in [1.807, 2.05) is 54.6 Å². The topological polar surface area (TPSA) is 38.3 Å². The first kappa shape index (κ1) is 15.6. The maximum atomic E-state index is 12.4. The average molecular weight is 309 g/mol. The van der Waals surface area contributed by atoms with Crippen molar-refractivity contribution in [2.24, 2.45) is 5.92 Å². The molecule has 0 aliphatic heterocycles. The van der Waals surface area contributed by atoms with E-state index in [1.54, 1.807) is 0 Å². The summed E-state index contributed by atoms with van der Waals surface area (Å²) in [6.45, 7) is 0.497. The molecule has 1 fully saturated rings. The van der Waals surface area contributed by atoms with Crippen LogP contribution >= 0.6 is 0 Å². The van der Waals surface area contributed by atoms with Crippen LogP contribution < -0.4 is 10.1 Å². The Balaban J connectivity index is 1.64. The summed E-state index contributed by atoms with van der Waals surface area (Å²) in [5, 5.41) is 3.05. The fraction of sp³-hybridized carbons (Fsp3) is 0.350. The van der Waals surface area contributed by atoms with Crippen LogP contribution in [-0.2, 0) is 11.4 Å². The van der Waals surface area contributed by atoms with Gasteiger partial charge >= 0.3 is 0 Å². The Kier molecular flexibility index (Phi) is 5.30.